The Morgan fingerprint density at radius 2 is 2.14 bits per heavy atom. The second-order valence-corrected chi connectivity index (χ2v) is 6.50. The van der Waals surface area contributed by atoms with Gasteiger partial charge in [0.1, 0.15) is 0 Å². The van der Waals surface area contributed by atoms with Crippen molar-refractivity contribution in [3.8, 4) is 0 Å². The molecule has 0 spiro atoms. The third kappa shape index (κ3) is 3.59. The maximum absolute atomic E-state index is 12.3. The molecule has 1 aromatic heterocycles. The van der Waals surface area contributed by atoms with Crippen molar-refractivity contribution in [2.24, 2.45) is 0 Å². The Morgan fingerprint density at radius 1 is 1.41 bits per heavy atom. The second-order valence-electron chi connectivity index (χ2n) is 5.19. The third-order valence-corrected chi connectivity index (χ3v) is 4.41. The molecule has 2 rings (SSSR count). The van der Waals surface area contributed by atoms with Gasteiger partial charge in [-0.1, -0.05) is 30.8 Å². The number of nitrogen functional groups attached to an aromatic ring is 1. The minimum Gasteiger partial charge on any atom is -0.336 e. The van der Waals surface area contributed by atoms with Crippen LogP contribution in [0.1, 0.15) is 30.8 Å². The molecule has 1 amide bonds. The van der Waals surface area contributed by atoms with Crippen LogP contribution in [0.25, 0.3) is 0 Å². The molecule has 3 N–H and O–H groups in total. The molecular formula is C15H21N5OS. The summed E-state index contributed by atoms with van der Waals surface area (Å²) < 4.78 is 1.44. The SMILES string of the molecule is CCc1nnc(S[C@@H](C)C(=O)Nc2cc(C)ccc2C)n1N. The number of amides is 1. The van der Waals surface area contributed by atoms with Gasteiger partial charge in [-0.3, -0.25) is 4.79 Å². The summed E-state index contributed by atoms with van der Waals surface area (Å²) >= 11 is 1.30. The van der Waals surface area contributed by atoms with Gasteiger partial charge in [-0.15, -0.1) is 10.2 Å². The Balaban J connectivity index is 2.06. The van der Waals surface area contributed by atoms with E-state index in [1.807, 2.05) is 45.9 Å². The van der Waals surface area contributed by atoms with Gasteiger partial charge in [0.25, 0.3) is 0 Å². The van der Waals surface area contributed by atoms with Crippen LogP contribution in [0.2, 0.25) is 0 Å². The fraction of sp³-hybridized carbons (Fsp3) is 0.400. The number of nitrogens with zero attached hydrogens (tertiary/aromatic N) is 3. The standard InChI is InChI=1S/C15H21N5OS/c1-5-13-18-19-15(20(13)16)22-11(4)14(21)17-12-8-9(2)6-7-10(12)3/h6-8,11H,5,16H2,1-4H3,(H,17,21)/t11-/m0/s1. The van der Waals surface area contributed by atoms with Crippen LogP contribution in [0.15, 0.2) is 23.4 Å². The van der Waals surface area contributed by atoms with Crippen LogP contribution in [0.5, 0.6) is 0 Å². The molecule has 1 aromatic carbocycles. The third-order valence-electron chi connectivity index (χ3n) is 3.35. The van der Waals surface area contributed by atoms with Crippen LogP contribution >= 0.6 is 11.8 Å². The van der Waals surface area contributed by atoms with E-state index in [-0.39, 0.29) is 11.2 Å². The van der Waals surface area contributed by atoms with Crippen molar-refractivity contribution in [1.29, 1.82) is 0 Å². The van der Waals surface area contributed by atoms with E-state index < -0.39 is 0 Å². The number of nitrogens with one attached hydrogen (secondary N) is 1. The van der Waals surface area contributed by atoms with E-state index in [0.29, 0.717) is 17.4 Å². The van der Waals surface area contributed by atoms with Crippen LogP contribution in [-0.2, 0) is 11.2 Å². The predicted octanol–water partition coefficient (Wildman–Crippen LogP) is 2.29. The molecule has 0 aliphatic heterocycles. The molecule has 1 heterocycles. The van der Waals surface area contributed by atoms with Gasteiger partial charge in [0.05, 0.1) is 5.25 Å². The highest BCUT2D eigenvalue weighted by Gasteiger charge is 2.19. The summed E-state index contributed by atoms with van der Waals surface area (Å²) in [4.78, 5) is 12.3. The number of hydrogen-bond acceptors (Lipinski definition) is 5. The fourth-order valence-corrected chi connectivity index (χ4v) is 2.73. The first-order valence-electron chi connectivity index (χ1n) is 7.16. The Labute approximate surface area is 134 Å². The van der Waals surface area contributed by atoms with Gasteiger partial charge in [0, 0.05) is 12.1 Å². The molecule has 0 saturated heterocycles. The Morgan fingerprint density at radius 3 is 2.77 bits per heavy atom. The number of aryl methyl sites for hydroxylation is 3. The van der Waals surface area contributed by atoms with Crippen molar-refractivity contribution >= 4 is 23.4 Å². The van der Waals surface area contributed by atoms with Crippen LogP contribution in [-0.4, -0.2) is 26.0 Å². The van der Waals surface area contributed by atoms with E-state index in [0.717, 1.165) is 16.8 Å². The number of thioether (sulfide) groups is 1. The van der Waals surface area contributed by atoms with Gasteiger partial charge in [0.15, 0.2) is 5.82 Å². The number of carbonyl (C=O) groups is 1. The average molecular weight is 319 g/mol. The summed E-state index contributed by atoms with van der Waals surface area (Å²) in [6.07, 6.45) is 0.702. The van der Waals surface area contributed by atoms with E-state index in [4.69, 9.17) is 5.84 Å². The summed E-state index contributed by atoms with van der Waals surface area (Å²) in [7, 11) is 0. The lowest BCUT2D eigenvalue weighted by molar-refractivity contribution is -0.115. The van der Waals surface area contributed by atoms with E-state index >= 15 is 0 Å². The Kier molecular flexibility index (Phi) is 5.07. The average Bonchev–Trinajstić information content (AvgIpc) is 2.83. The van der Waals surface area contributed by atoms with E-state index in [1.165, 1.54) is 16.4 Å². The van der Waals surface area contributed by atoms with Crippen molar-refractivity contribution in [2.75, 3.05) is 11.2 Å². The maximum atomic E-state index is 12.3. The summed E-state index contributed by atoms with van der Waals surface area (Å²) in [5.74, 6) is 6.51. The molecule has 0 unspecified atom stereocenters. The lowest BCUT2D eigenvalue weighted by atomic mass is 10.1. The molecule has 1 atom stereocenters. The van der Waals surface area contributed by atoms with Gasteiger partial charge in [-0.2, -0.15) is 0 Å². The van der Waals surface area contributed by atoms with Crippen molar-refractivity contribution < 1.29 is 4.79 Å². The van der Waals surface area contributed by atoms with E-state index in [9.17, 15) is 4.79 Å². The molecule has 0 fully saturated rings. The van der Waals surface area contributed by atoms with Gasteiger partial charge in [-0.25, -0.2) is 4.68 Å². The first-order valence-corrected chi connectivity index (χ1v) is 8.04. The minimum atomic E-state index is -0.323. The van der Waals surface area contributed by atoms with Gasteiger partial charge in [-0.05, 0) is 38.0 Å². The zero-order valence-electron chi connectivity index (χ0n) is 13.3. The minimum absolute atomic E-state index is 0.0836. The van der Waals surface area contributed by atoms with Crippen LogP contribution < -0.4 is 11.2 Å². The highest BCUT2D eigenvalue weighted by Crippen LogP contribution is 2.23. The molecule has 7 heteroatoms. The number of aromatic nitrogens is 3. The number of anilines is 1. The first kappa shape index (κ1) is 16.4. The molecule has 118 valence electrons. The van der Waals surface area contributed by atoms with Crippen LogP contribution in [0.4, 0.5) is 5.69 Å². The zero-order valence-corrected chi connectivity index (χ0v) is 14.1. The highest BCUT2D eigenvalue weighted by atomic mass is 32.2. The molecule has 6 nitrogen and oxygen atoms in total. The van der Waals surface area contributed by atoms with Gasteiger partial charge >= 0.3 is 0 Å². The summed E-state index contributed by atoms with van der Waals surface area (Å²) in [5.41, 5.74) is 2.97. The van der Waals surface area contributed by atoms with Crippen molar-refractivity contribution in [3.63, 3.8) is 0 Å². The van der Waals surface area contributed by atoms with Crippen molar-refractivity contribution in [3.05, 3.63) is 35.2 Å². The zero-order chi connectivity index (χ0) is 16.3. The molecule has 2 aromatic rings. The summed E-state index contributed by atoms with van der Waals surface area (Å²) in [5, 5.41) is 11.2. The first-order chi connectivity index (χ1) is 10.4. The number of benzene rings is 1. The lowest BCUT2D eigenvalue weighted by Gasteiger charge is -2.13. The highest BCUT2D eigenvalue weighted by molar-refractivity contribution is 8.00. The summed E-state index contributed by atoms with van der Waals surface area (Å²) in [6.45, 7) is 7.75. The largest absolute Gasteiger partial charge is 0.336 e. The Bertz CT molecular complexity index is 683. The van der Waals surface area contributed by atoms with Crippen LogP contribution in [0, 0.1) is 13.8 Å². The fourth-order valence-electron chi connectivity index (χ4n) is 1.95. The van der Waals surface area contributed by atoms with E-state index in [2.05, 4.69) is 15.5 Å². The normalized spacial score (nSPS) is 12.2. The molecule has 0 radical (unpaired) electrons. The van der Waals surface area contributed by atoms with Crippen molar-refractivity contribution in [1.82, 2.24) is 14.9 Å². The monoisotopic (exact) mass is 319 g/mol. The molecule has 0 aliphatic carbocycles. The molecule has 0 saturated carbocycles. The molecule has 0 bridgehead atoms. The van der Waals surface area contributed by atoms with E-state index in [1.54, 1.807) is 0 Å². The van der Waals surface area contributed by atoms with Crippen LogP contribution in [0.3, 0.4) is 0 Å². The maximum Gasteiger partial charge on any atom is 0.237 e. The Hall–Kier alpha value is -2.02. The smallest absolute Gasteiger partial charge is 0.237 e. The van der Waals surface area contributed by atoms with Gasteiger partial charge < -0.3 is 11.2 Å². The summed E-state index contributed by atoms with van der Waals surface area (Å²) in [6, 6.07) is 5.98. The second kappa shape index (κ2) is 6.83. The number of hydrogen-bond donors (Lipinski definition) is 2. The number of carbonyl (C=O) groups excluding carboxylic acids is 1. The molecule has 0 aliphatic rings. The quantitative estimate of drug-likeness (QED) is 0.652. The molecule has 22 heavy (non-hydrogen) atoms. The predicted molar refractivity (Wildman–Crippen MR) is 89.4 cm³/mol. The van der Waals surface area contributed by atoms with Crippen molar-refractivity contribution in [2.45, 2.75) is 44.5 Å². The number of rotatable bonds is 5. The number of nitrogens with two attached hydrogens (primary N) is 1. The topological polar surface area (TPSA) is 85.8 Å². The van der Waals surface area contributed by atoms with Gasteiger partial charge in [0.2, 0.25) is 11.1 Å². The lowest BCUT2D eigenvalue weighted by Crippen LogP contribution is -2.24. The molecular weight excluding hydrogens is 298 g/mol.